The van der Waals surface area contributed by atoms with Gasteiger partial charge in [0.2, 0.25) is 5.91 Å². The number of hydrogen-bond donors (Lipinski definition) is 1. The summed E-state index contributed by atoms with van der Waals surface area (Å²) < 4.78 is 0. The highest BCUT2D eigenvalue weighted by Crippen LogP contribution is 2.30. The molecule has 3 nitrogen and oxygen atoms in total. The Morgan fingerprint density at radius 2 is 1.65 bits per heavy atom. The number of hydrogen-bond acceptors (Lipinski definition) is 2. The number of aliphatic hydroxyl groups is 1. The van der Waals surface area contributed by atoms with E-state index >= 15 is 0 Å². The third-order valence-corrected chi connectivity index (χ3v) is 5.08. The Labute approximate surface area is 153 Å². The molecule has 1 fully saturated rings. The van der Waals surface area contributed by atoms with Crippen molar-refractivity contribution < 1.29 is 9.90 Å². The zero-order valence-corrected chi connectivity index (χ0v) is 14.7. The molecule has 1 atom stereocenters. The molecule has 0 bridgehead atoms. The maximum atomic E-state index is 13.0. The van der Waals surface area contributed by atoms with Crippen molar-refractivity contribution in [3.63, 3.8) is 0 Å². The predicted octanol–water partition coefficient (Wildman–Crippen LogP) is 4.11. The molecule has 132 valence electrons. The molecule has 3 aromatic carbocycles. The van der Waals surface area contributed by atoms with Crippen molar-refractivity contribution in [1.82, 2.24) is 4.90 Å². The van der Waals surface area contributed by atoms with E-state index in [1.807, 2.05) is 59.5 Å². The monoisotopic (exact) mass is 345 g/mol. The number of amides is 1. The molecular formula is C23H23NO2. The SMILES string of the molecule is O=C(Cc1cccc2ccccc12)N(C[C@@H](O)c1ccccc1)C1CC1. The molecule has 0 heterocycles. The van der Waals surface area contributed by atoms with Gasteiger partial charge in [-0.3, -0.25) is 4.79 Å². The zero-order chi connectivity index (χ0) is 17.9. The average Bonchev–Trinajstić information content (AvgIpc) is 3.52. The van der Waals surface area contributed by atoms with Gasteiger partial charge in [-0.25, -0.2) is 0 Å². The van der Waals surface area contributed by atoms with Crippen LogP contribution in [-0.2, 0) is 11.2 Å². The normalized spacial score (nSPS) is 15.0. The first-order valence-corrected chi connectivity index (χ1v) is 9.21. The summed E-state index contributed by atoms with van der Waals surface area (Å²) in [6.45, 7) is 0.359. The van der Waals surface area contributed by atoms with E-state index in [1.165, 1.54) is 0 Å². The van der Waals surface area contributed by atoms with E-state index in [-0.39, 0.29) is 11.9 Å². The Balaban J connectivity index is 1.52. The second kappa shape index (κ2) is 7.30. The van der Waals surface area contributed by atoms with Crippen LogP contribution >= 0.6 is 0 Å². The molecule has 3 heteroatoms. The Bertz CT molecular complexity index is 897. The first-order valence-electron chi connectivity index (χ1n) is 9.21. The van der Waals surface area contributed by atoms with Crippen molar-refractivity contribution >= 4 is 16.7 Å². The van der Waals surface area contributed by atoms with Crippen LogP contribution in [0.3, 0.4) is 0 Å². The fourth-order valence-electron chi connectivity index (χ4n) is 3.52. The number of nitrogens with zero attached hydrogens (tertiary/aromatic N) is 1. The fourth-order valence-corrected chi connectivity index (χ4v) is 3.52. The number of carbonyl (C=O) groups excluding carboxylic acids is 1. The molecule has 0 unspecified atom stereocenters. The second-order valence-corrected chi connectivity index (χ2v) is 7.02. The largest absolute Gasteiger partial charge is 0.387 e. The van der Waals surface area contributed by atoms with Gasteiger partial charge in [0, 0.05) is 6.04 Å². The summed E-state index contributed by atoms with van der Waals surface area (Å²) in [6, 6.07) is 24.1. The summed E-state index contributed by atoms with van der Waals surface area (Å²) in [5, 5.41) is 12.8. The minimum atomic E-state index is -0.645. The van der Waals surface area contributed by atoms with Gasteiger partial charge in [0.05, 0.1) is 19.1 Å². The highest BCUT2D eigenvalue weighted by atomic mass is 16.3. The summed E-state index contributed by atoms with van der Waals surface area (Å²) in [6.07, 6.45) is 1.79. The maximum absolute atomic E-state index is 13.0. The zero-order valence-electron chi connectivity index (χ0n) is 14.7. The molecule has 4 rings (SSSR count). The molecule has 1 aliphatic rings. The first kappa shape index (κ1) is 16.8. The van der Waals surface area contributed by atoms with Crippen LogP contribution in [0.5, 0.6) is 0 Å². The van der Waals surface area contributed by atoms with Gasteiger partial charge in [-0.05, 0) is 34.7 Å². The number of carbonyl (C=O) groups is 1. The predicted molar refractivity (Wildman–Crippen MR) is 104 cm³/mol. The van der Waals surface area contributed by atoms with E-state index in [4.69, 9.17) is 0 Å². The van der Waals surface area contributed by atoms with Crippen molar-refractivity contribution in [2.24, 2.45) is 0 Å². The third-order valence-electron chi connectivity index (χ3n) is 5.08. The average molecular weight is 345 g/mol. The van der Waals surface area contributed by atoms with E-state index in [9.17, 15) is 9.90 Å². The van der Waals surface area contributed by atoms with E-state index in [0.29, 0.717) is 13.0 Å². The standard InChI is InChI=1S/C23H23NO2/c25-22(18-8-2-1-3-9-18)16-24(20-13-14-20)23(26)15-19-11-6-10-17-7-4-5-12-21(17)19/h1-12,20,22,25H,13-16H2/t22-/m1/s1. The van der Waals surface area contributed by atoms with Crippen LogP contribution in [0.25, 0.3) is 10.8 Å². The molecule has 1 aliphatic carbocycles. The number of fused-ring (bicyclic) bond motifs is 1. The van der Waals surface area contributed by atoms with Crippen molar-refractivity contribution in [3.8, 4) is 0 Å². The van der Waals surface area contributed by atoms with Crippen LogP contribution in [0.15, 0.2) is 72.8 Å². The van der Waals surface area contributed by atoms with Gasteiger partial charge < -0.3 is 10.0 Å². The highest BCUT2D eigenvalue weighted by molar-refractivity contribution is 5.90. The van der Waals surface area contributed by atoms with E-state index in [1.54, 1.807) is 0 Å². The smallest absolute Gasteiger partial charge is 0.227 e. The van der Waals surface area contributed by atoms with Crippen LogP contribution in [-0.4, -0.2) is 28.5 Å². The Morgan fingerprint density at radius 1 is 0.962 bits per heavy atom. The number of benzene rings is 3. The van der Waals surface area contributed by atoms with Crippen molar-refractivity contribution in [3.05, 3.63) is 83.9 Å². The van der Waals surface area contributed by atoms with Gasteiger partial charge >= 0.3 is 0 Å². The van der Waals surface area contributed by atoms with Crippen LogP contribution < -0.4 is 0 Å². The summed E-state index contributed by atoms with van der Waals surface area (Å²) in [5.74, 6) is 0.0961. The quantitative estimate of drug-likeness (QED) is 0.730. The molecule has 3 aromatic rings. The molecule has 0 radical (unpaired) electrons. The Hall–Kier alpha value is -2.65. The van der Waals surface area contributed by atoms with Gasteiger partial charge in [0.1, 0.15) is 0 Å². The van der Waals surface area contributed by atoms with Gasteiger partial charge in [0.15, 0.2) is 0 Å². The molecule has 1 amide bonds. The molecular weight excluding hydrogens is 322 g/mol. The first-order chi connectivity index (χ1) is 12.7. The molecule has 0 aromatic heterocycles. The number of rotatable bonds is 6. The van der Waals surface area contributed by atoms with Crippen LogP contribution in [0.2, 0.25) is 0 Å². The van der Waals surface area contributed by atoms with E-state index in [2.05, 4.69) is 18.2 Å². The van der Waals surface area contributed by atoms with Crippen LogP contribution in [0.1, 0.15) is 30.1 Å². The van der Waals surface area contributed by atoms with Crippen LogP contribution in [0, 0.1) is 0 Å². The van der Waals surface area contributed by atoms with Crippen LogP contribution in [0.4, 0.5) is 0 Å². The van der Waals surface area contributed by atoms with Gasteiger partial charge in [-0.2, -0.15) is 0 Å². The van der Waals surface area contributed by atoms with Gasteiger partial charge in [0.25, 0.3) is 0 Å². The Kier molecular flexibility index (Phi) is 4.72. The topological polar surface area (TPSA) is 40.5 Å². The molecule has 1 N–H and O–H groups in total. The molecule has 26 heavy (non-hydrogen) atoms. The van der Waals surface area contributed by atoms with E-state index < -0.39 is 6.10 Å². The maximum Gasteiger partial charge on any atom is 0.227 e. The molecule has 0 aliphatic heterocycles. The van der Waals surface area contributed by atoms with Crippen molar-refractivity contribution in [2.75, 3.05) is 6.54 Å². The fraction of sp³-hybridized carbons (Fsp3) is 0.261. The molecule has 1 saturated carbocycles. The second-order valence-electron chi connectivity index (χ2n) is 7.02. The van der Waals surface area contributed by atoms with Crippen molar-refractivity contribution in [1.29, 1.82) is 0 Å². The summed E-state index contributed by atoms with van der Waals surface area (Å²) in [4.78, 5) is 14.9. The minimum Gasteiger partial charge on any atom is -0.387 e. The molecule has 0 saturated heterocycles. The highest BCUT2D eigenvalue weighted by Gasteiger charge is 2.33. The van der Waals surface area contributed by atoms with Crippen molar-refractivity contribution in [2.45, 2.75) is 31.4 Å². The number of aliphatic hydroxyl groups excluding tert-OH is 1. The summed E-state index contributed by atoms with van der Waals surface area (Å²) in [5.41, 5.74) is 1.91. The van der Waals surface area contributed by atoms with Gasteiger partial charge in [-0.1, -0.05) is 72.8 Å². The summed E-state index contributed by atoms with van der Waals surface area (Å²) in [7, 11) is 0. The van der Waals surface area contributed by atoms with E-state index in [0.717, 1.165) is 34.7 Å². The lowest BCUT2D eigenvalue weighted by molar-refractivity contribution is -0.132. The third kappa shape index (κ3) is 3.63. The minimum absolute atomic E-state index is 0.0961. The summed E-state index contributed by atoms with van der Waals surface area (Å²) >= 11 is 0. The lowest BCUT2D eigenvalue weighted by atomic mass is 10.0. The lowest BCUT2D eigenvalue weighted by Crippen LogP contribution is -2.37. The van der Waals surface area contributed by atoms with Gasteiger partial charge in [-0.15, -0.1) is 0 Å². The lowest BCUT2D eigenvalue weighted by Gasteiger charge is -2.26. The molecule has 0 spiro atoms. The Morgan fingerprint density at radius 3 is 2.42 bits per heavy atom.